The molecule has 0 aromatic carbocycles. The average Bonchev–Trinajstić information content (AvgIpc) is 3.37. The number of rotatable bonds is 57. The van der Waals surface area contributed by atoms with Crippen molar-refractivity contribution in [1.29, 1.82) is 0 Å². The van der Waals surface area contributed by atoms with E-state index in [1.807, 2.05) is 0 Å². The highest BCUT2D eigenvalue weighted by atomic mass is 16.6. The highest BCUT2D eigenvalue weighted by Gasteiger charge is 2.19. The lowest BCUT2D eigenvalue weighted by Crippen LogP contribution is -2.30. The molecule has 0 aromatic heterocycles. The van der Waals surface area contributed by atoms with Crippen molar-refractivity contribution < 1.29 is 28.6 Å². The lowest BCUT2D eigenvalue weighted by atomic mass is 10.0. The average molecular weight is 996 g/mol. The Morgan fingerprint density at radius 3 is 0.859 bits per heavy atom. The summed E-state index contributed by atoms with van der Waals surface area (Å²) in [7, 11) is 0. The summed E-state index contributed by atoms with van der Waals surface area (Å²) in [5.74, 6) is -0.849. The van der Waals surface area contributed by atoms with Gasteiger partial charge in [0.05, 0.1) is 0 Å². The fourth-order valence-corrected chi connectivity index (χ4v) is 9.20. The molecule has 0 rings (SSSR count). The van der Waals surface area contributed by atoms with Gasteiger partial charge < -0.3 is 14.2 Å². The zero-order valence-corrected chi connectivity index (χ0v) is 47.5. The van der Waals surface area contributed by atoms with Crippen LogP contribution >= 0.6 is 0 Å². The van der Waals surface area contributed by atoms with Crippen molar-refractivity contribution in [2.24, 2.45) is 0 Å². The monoisotopic (exact) mass is 995 g/mol. The summed E-state index contributed by atoms with van der Waals surface area (Å²) >= 11 is 0. The third-order valence-corrected chi connectivity index (χ3v) is 13.8. The molecule has 71 heavy (non-hydrogen) atoms. The van der Waals surface area contributed by atoms with Crippen LogP contribution in [0, 0.1) is 0 Å². The van der Waals surface area contributed by atoms with Gasteiger partial charge >= 0.3 is 17.9 Å². The molecule has 1 unspecified atom stereocenters. The lowest BCUT2D eigenvalue weighted by molar-refractivity contribution is -0.167. The van der Waals surface area contributed by atoms with Crippen molar-refractivity contribution in [3.8, 4) is 0 Å². The highest BCUT2D eigenvalue weighted by molar-refractivity contribution is 5.71. The standard InChI is InChI=1S/C65H118O6/c1-4-7-10-13-16-19-22-24-26-28-29-30-31-32-33-34-35-36-37-38-40-41-43-46-49-52-55-58-64(67)70-61-62(60-69-63(66)57-54-51-48-45-21-18-15-12-9-6-3)71-65(68)59-56-53-50-47-44-42-39-27-25-23-20-17-14-11-8-5-2/h7,10,16,19,24,26,29-30,62H,4-6,8-9,11-15,17-18,20-23,25,27-28,31-61H2,1-3H3/b10-7-,19-16-,26-24-,30-29-. The summed E-state index contributed by atoms with van der Waals surface area (Å²) in [6, 6.07) is 0. The minimum atomic E-state index is -0.767. The number of esters is 3. The summed E-state index contributed by atoms with van der Waals surface area (Å²) < 4.78 is 16.9. The van der Waals surface area contributed by atoms with Crippen LogP contribution < -0.4 is 0 Å². The van der Waals surface area contributed by atoms with Crippen LogP contribution in [0.4, 0.5) is 0 Å². The van der Waals surface area contributed by atoms with Gasteiger partial charge in [-0.1, -0.05) is 301 Å². The summed E-state index contributed by atoms with van der Waals surface area (Å²) in [6.45, 7) is 6.56. The Bertz CT molecular complexity index is 1230. The molecule has 414 valence electrons. The Morgan fingerprint density at radius 2 is 0.549 bits per heavy atom. The molecule has 0 amide bonds. The van der Waals surface area contributed by atoms with E-state index in [0.717, 1.165) is 83.5 Å². The lowest BCUT2D eigenvalue weighted by Gasteiger charge is -2.18. The number of allylic oxidation sites excluding steroid dienone is 8. The molecular formula is C65H118O6. The van der Waals surface area contributed by atoms with Crippen molar-refractivity contribution in [3.63, 3.8) is 0 Å². The number of hydrogen-bond acceptors (Lipinski definition) is 6. The van der Waals surface area contributed by atoms with Crippen LogP contribution in [0.2, 0.25) is 0 Å². The molecule has 0 aliphatic heterocycles. The first-order chi connectivity index (χ1) is 35.0. The number of carbonyl (C=O) groups is 3. The van der Waals surface area contributed by atoms with E-state index < -0.39 is 6.10 Å². The number of hydrogen-bond donors (Lipinski definition) is 0. The molecule has 0 bridgehead atoms. The van der Waals surface area contributed by atoms with Crippen LogP contribution in [0.5, 0.6) is 0 Å². The van der Waals surface area contributed by atoms with Gasteiger partial charge in [0, 0.05) is 19.3 Å². The highest BCUT2D eigenvalue weighted by Crippen LogP contribution is 2.17. The SMILES string of the molecule is CC/C=C\C/C=C\C/C=C\C/C=C\CCCCCCCCCCCCCCCCC(=O)OCC(COC(=O)CCCCCCCCCCCC)OC(=O)CCCCCCCCCCCCCCCCCC. The first-order valence-corrected chi connectivity index (χ1v) is 31.1. The second kappa shape index (κ2) is 59.9. The third kappa shape index (κ3) is 58.1. The predicted octanol–water partition coefficient (Wildman–Crippen LogP) is 21.0. The molecule has 0 spiro atoms. The minimum Gasteiger partial charge on any atom is -0.462 e. The van der Waals surface area contributed by atoms with E-state index in [2.05, 4.69) is 69.4 Å². The van der Waals surface area contributed by atoms with Gasteiger partial charge in [0.1, 0.15) is 13.2 Å². The fourth-order valence-electron chi connectivity index (χ4n) is 9.20. The van der Waals surface area contributed by atoms with E-state index in [0.29, 0.717) is 19.3 Å². The Labute approximate surface area is 441 Å². The molecule has 0 saturated heterocycles. The summed E-state index contributed by atoms with van der Waals surface area (Å²) in [5, 5.41) is 0. The molecule has 0 saturated carbocycles. The van der Waals surface area contributed by atoms with Gasteiger partial charge in [-0.25, -0.2) is 0 Å². The van der Waals surface area contributed by atoms with Gasteiger partial charge in [-0.2, -0.15) is 0 Å². The maximum Gasteiger partial charge on any atom is 0.306 e. The van der Waals surface area contributed by atoms with E-state index >= 15 is 0 Å². The molecule has 0 aliphatic carbocycles. The molecule has 0 heterocycles. The van der Waals surface area contributed by atoms with Crippen molar-refractivity contribution in [1.82, 2.24) is 0 Å². The molecule has 0 radical (unpaired) electrons. The van der Waals surface area contributed by atoms with Gasteiger partial charge in [0.15, 0.2) is 6.10 Å². The van der Waals surface area contributed by atoms with Gasteiger partial charge in [0.25, 0.3) is 0 Å². The topological polar surface area (TPSA) is 78.9 Å². The van der Waals surface area contributed by atoms with Crippen molar-refractivity contribution >= 4 is 17.9 Å². The first-order valence-electron chi connectivity index (χ1n) is 31.1. The van der Waals surface area contributed by atoms with E-state index in [1.165, 1.54) is 205 Å². The fraction of sp³-hybridized carbons (Fsp3) is 0.831. The molecular weight excluding hydrogens is 877 g/mol. The second-order valence-electron chi connectivity index (χ2n) is 21.0. The number of carbonyl (C=O) groups excluding carboxylic acids is 3. The maximum absolute atomic E-state index is 12.9. The Balaban J connectivity index is 4.16. The Kier molecular flexibility index (Phi) is 57.7. The summed E-state index contributed by atoms with van der Waals surface area (Å²) in [4.78, 5) is 38.2. The number of unbranched alkanes of at least 4 members (excludes halogenated alkanes) is 38. The molecule has 6 nitrogen and oxygen atoms in total. The summed E-state index contributed by atoms with van der Waals surface area (Å²) in [5.41, 5.74) is 0. The van der Waals surface area contributed by atoms with Crippen LogP contribution in [-0.4, -0.2) is 37.2 Å². The Morgan fingerprint density at radius 1 is 0.296 bits per heavy atom. The molecule has 0 N–H and O–H groups in total. The number of ether oxygens (including phenoxy) is 3. The zero-order valence-electron chi connectivity index (χ0n) is 47.5. The zero-order chi connectivity index (χ0) is 51.4. The van der Waals surface area contributed by atoms with Crippen molar-refractivity contribution in [3.05, 3.63) is 48.6 Å². The van der Waals surface area contributed by atoms with Crippen LogP contribution in [0.3, 0.4) is 0 Å². The maximum atomic E-state index is 12.9. The predicted molar refractivity (Wildman–Crippen MR) is 307 cm³/mol. The van der Waals surface area contributed by atoms with Crippen LogP contribution in [0.1, 0.15) is 329 Å². The summed E-state index contributed by atoms with van der Waals surface area (Å²) in [6.07, 6.45) is 74.1. The second-order valence-corrected chi connectivity index (χ2v) is 21.0. The normalized spacial score (nSPS) is 12.3. The van der Waals surface area contributed by atoms with Gasteiger partial charge in [0.2, 0.25) is 0 Å². The first kappa shape index (κ1) is 68.4. The molecule has 6 heteroatoms. The molecule has 0 aromatic rings. The minimum absolute atomic E-state index is 0.0671. The van der Waals surface area contributed by atoms with Gasteiger partial charge in [-0.15, -0.1) is 0 Å². The van der Waals surface area contributed by atoms with Crippen molar-refractivity contribution in [2.75, 3.05) is 13.2 Å². The van der Waals surface area contributed by atoms with Gasteiger partial charge in [-0.05, 0) is 57.8 Å². The van der Waals surface area contributed by atoms with E-state index in [9.17, 15) is 14.4 Å². The largest absolute Gasteiger partial charge is 0.462 e. The Hall–Kier alpha value is -2.63. The van der Waals surface area contributed by atoms with Gasteiger partial charge in [-0.3, -0.25) is 14.4 Å². The smallest absolute Gasteiger partial charge is 0.306 e. The van der Waals surface area contributed by atoms with E-state index in [-0.39, 0.29) is 31.1 Å². The molecule has 1 atom stereocenters. The van der Waals surface area contributed by atoms with Crippen molar-refractivity contribution in [2.45, 2.75) is 335 Å². The molecule has 0 aliphatic rings. The van der Waals surface area contributed by atoms with Crippen LogP contribution in [-0.2, 0) is 28.6 Å². The van der Waals surface area contributed by atoms with E-state index in [1.54, 1.807) is 0 Å². The molecule has 0 fully saturated rings. The van der Waals surface area contributed by atoms with Crippen LogP contribution in [0.15, 0.2) is 48.6 Å². The quantitative estimate of drug-likeness (QED) is 0.0261. The van der Waals surface area contributed by atoms with Crippen LogP contribution in [0.25, 0.3) is 0 Å². The third-order valence-electron chi connectivity index (χ3n) is 13.8. The van der Waals surface area contributed by atoms with E-state index in [4.69, 9.17) is 14.2 Å².